The highest BCUT2D eigenvalue weighted by molar-refractivity contribution is 6.30. The van der Waals surface area contributed by atoms with Crippen molar-refractivity contribution in [3.63, 3.8) is 0 Å². The number of alkyl halides is 3. The van der Waals surface area contributed by atoms with Crippen LogP contribution in [-0.4, -0.2) is 29.2 Å². The number of amides is 1. The van der Waals surface area contributed by atoms with Crippen LogP contribution in [0.4, 0.5) is 17.6 Å². The van der Waals surface area contributed by atoms with Crippen LogP contribution in [-0.2, 0) is 17.6 Å². The Hall–Kier alpha value is -3.39. The van der Waals surface area contributed by atoms with Crippen molar-refractivity contribution in [2.45, 2.75) is 25.2 Å². The van der Waals surface area contributed by atoms with Crippen molar-refractivity contribution in [1.29, 1.82) is 0 Å². The van der Waals surface area contributed by atoms with Crippen molar-refractivity contribution in [1.82, 2.24) is 4.90 Å². The Morgan fingerprint density at radius 1 is 1.06 bits per heavy atom. The van der Waals surface area contributed by atoms with Crippen molar-refractivity contribution in [2.75, 3.05) is 6.54 Å². The summed E-state index contributed by atoms with van der Waals surface area (Å²) in [5.74, 6) is -1.37. The first-order valence-electron chi connectivity index (χ1n) is 10.4. The van der Waals surface area contributed by atoms with Crippen LogP contribution in [0, 0.1) is 5.82 Å². The van der Waals surface area contributed by atoms with Gasteiger partial charge in [0.2, 0.25) is 0 Å². The van der Waals surface area contributed by atoms with Crippen molar-refractivity contribution in [2.24, 2.45) is 5.16 Å². The molecule has 0 saturated heterocycles. The third kappa shape index (κ3) is 5.56. The average molecular weight is 491 g/mol. The van der Waals surface area contributed by atoms with Gasteiger partial charge in [0.05, 0.1) is 23.4 Å². The van der Waals surface area contributed by atoms with E-state index in [1.165, 1.54) is 35.2 Å². The first-order valence-corrected chi connectivity index (χ1v) is 10.8. The number of hydrogen-bond donors (Lipinski definition) is 0. The van der Waals surface area contributed by atoms with E-state index in [4.69, 9.17) is 16.4 Å². The highest BCUT2D eigenvalue weighted by Crippen LogP contribution is 2.30. The van der Waals surface area contributed by atoms with Crippen LogP contribution in [0.15, 0.2) is 78.0 Å². The van der Waals surface area contributed by atoms with E-state index in [2.05, 4.69) is 5.16 Å². The summed E-state index contributed by atoms with van der Waals surface area (Å²) in [5.41, 5.74) is 0.715. The van der Waals surface area contributed by atoms with Gasteiger partial charge in [-0.05, 0) is 47.5 Å². The Bertz CT molecular complexity index is 1210. The van der Waals surface area contributed by atoms with E-state index in [0.717, 1.165) is 23.8 Å². The van der Waals surface area contributed by atoms with E-state index in [1.807, 2.05) is 0 Å². The molecule has 3 aromatic rings. The topological polar surface area (TPSA) is 41.9 Å². The lowest BCUT2D eigenvalue weighted by atomic mass is 10.0. The summed E-state index contributed by atoms with van der Waals surface area (Å²) < 4.78 is 53.8. The summed E-state index contributed by atoms with van der Waals surface area (Å²) in [7, 11) is 0. The molecule has 1 aliphatic heterocycles. The lowest BCUT2D eigenvalue weighted by Crippen LogP contribution is -2.37. The highest BCUT2D eigenvalue weighted by Gasteiger charge is 2.32. The minimum absolute atomic E-state index is 0.00397. The molecular formula is C25H19ClF4N2O2. The van der Waals surface area contributed by atoms with Crippen molar-refractivity contribution < 1.29 is 27.2 Å². The third-order valence-corrected chi connectivity index (χ3v) is 5.61. The van der Waals surface area contributed by atoms with Crippen molar-refractivity contribution in [3.05, 3.63) is 106 Å². The van der Waals surface area contributed by atoms with E-state index < -0.39 is 29.6 Å². The summed E-state index contributed by atoms with van der Waals surface area (Å²) in [6.45, 7) is -0.156. The first kappa shape index (κ1) is 23.8. The van der Waals surface area contributed by atoms with Crippen LogP contribution in [0.25, 0.3) is 0 Å². The average Bonchev–Trinajstić information content (AvgIpc) is 3.27. The number of carbonyl (C=O) groups excluding carboxylic acids is 1. The number of halogens is 5. The summed E-state index contributed by atoms with van der Waals surface area (Å²) >= 11 is 5.92. The molecule has 4 rings (SSSR count). The molecule has 1 heterocycles. The number of oxime groups is 1. The molecule has 1 atom stereocenters. The Labute approximate surface area is 198 Å². The van der Waals surface area contributed by atoms with E-state index >= 15 is 0 Å². The van der Waals surface area contributed by atoms with Crippen LogP contribution >= 0.6 is 11.6 Å². The summed E-state index contributed by atoms with van der Waals surface area (Å²) in [6.07, 6.45) is -4.70. The first-order chi connectivity index (χ1) is 16.2. The molecule has 1 aliphatic rings. The lowest BCUT2D eigenvalue weighted by Gasteiger charge is -2.25. The van der Waals surface area contributed by atoms with Crippen LogP contribution in [0.2, 0.25) is 5.02 Å². The molecule has 1 amide bonds. The maximum Gasteiger partial charge on any atom is 0.416 e. The molecule has 9 heteroatoms. The monoisotopic (exact) mass is 490 g/mol. The smallest absolute Gasteiger partial charge is 0.390 e. The molecule has 4 nitrogen and oxygen atoms in total. The fraction of sp³-hybridized carbons (Fsp3) is 0.200. The number of hydrogen-bond acceptors (Lipinski definition) is 3. The van der Waals surface area contributed by atoms with Gasteiger partial charge in [0.15, 0.2) is 6.10 Å². The molecule has 0 fully saturated rings. The highest BCUT2D eigenvalue weighted by atomic mass is 35.5. The lowest BCUT2D eigenvalue weighted by molar-refractivity contribution is -0.137. The van der Waals surface area contributed by atoms with Gasteiger partial charge in [-0.25, -0.2) is 4.39 Å². The minimum Gasteiger partial charge on any atom is -0.390 e. The second-order valence-corrected chi connectivity index (χ2v) is 8.28. The molecule has 1 unspecified atom stereocenters. The molecular weight excluding hydrogens is 472 g/mol. The molecule has 0 radical (unpaired) electrons. The molecule has 176 valence electrons. The SMILES string of the molecule is O=C(c1ccccc1F)N(Cc1cccc(C(F)(F)F)c1)CC1CC(c2ccc(Cl)cc2)=NO1. The van der Waals surface area contributed by atoms with Crippen LogP contribution in [0.1, 0.15) is 33.5 Å². The second kappa shape index (κ2) is 9.85. The molecule has 0 aliphatic carbocycles. The second-order valence-electron chi connectivity index (χ2n) is 7.84. The molecule has 34 heavy (non-hydrogen) atoms. The molecule has 0 spiro atoms. The molecule has 0 N–H and O–H groups in total. The number of rotatable bonds is 6. The zero-order valence-electron chi connectivity index (χ0n) is 17.7. The zero-order valence-corrected chi connectivity index (χ0v) is 18.5. The van der Waals surface area contributed by atoms with Crippen LogP contribution in [0.5, 0.6) is 0 Å². The fourth-order valence-corrected chi connectivity index (χ4v) is 3.80. The van der Waals surface area contributed by atoms with Crippen molar-refractivity contribution in [3.8, 4) is 0 Å². The van der Waals surface area contributed by atoms with Gasteiger partial charge in [0.1, 0.15) is 5.82 Å². The quantitative estimate of drug-likeness (QED) is 0.379. The van der Waals surface area contributed by atoms with Crippen LogP contribution < -0.4 is 0 Å². The van der Waals surface area contributed by atoms with Gasteiger partial charge in [-0.1, -0.05) is 53.2 Å². The Kier molecular flexibility index (Phi) is 6.88. The van der Waals surface area contributed by atoms with Gasteiger partial charge < -0.3 is 9.74 Å². The standard InChI is InChI=1S/C25H19ClF4N2O2/c26-19-10-8-17(9-11-19)23-13-20(34-31-23)15-32(24(33)21-6-1-2-7-22(21)27)14-16-4-3-5-18(12-16)25(28,29)30/h1-12,20H,13-15H2. The molecule has 0 saturated carbocycles. The molecule has 3 aromatic carbocycles. The summed E-state index contributed by atoms with van der Waals surface area (Å²) in [4.78, 5) is 20.0. The van der Waals surface area contributed by atoms with Gasteiger partial charge in [-0.2, -0.15) is 13.2 Å². The van der Waals surface area contributed by atoms with Crippen molar-refractivity contribution >= 4 is 23.2 Å². The largest absolute Gasteiger partial charge is 0.416 e. The predicted octanol–water partition coefficient (Wildman–Crippen LogP) is 6.33. The fourth-order valence-electron chi connectivity index (χ4n) is 3.68. The van der Waals surface area contributed by atoms with E-state index in [0.29, 0.717) is 17.2 Å². The third-order valence-electron chi connectivity index (χ3n) is 5.35. The molecule has 0 bridgehead atoms. The normalized spacial score (nSPS) is 15.6. The van der Waals surface area contributed by atoms with E-state index in [9.17, 15) is 22.4 Å². The maximum absolute atomic E-state index is 14.3. The zero-order chi connectivity index (χ0) is 24.3. The van der Waals surface area contributed by atoms with Gasteiger partial charge in [0, 0.05) is 18.0 Å². The number of nitrogens with zero attached hydrogens (tertiary/aromatic N) is 2. The van der Waals surface area contributed by atoms with Gasteiger partial charge >= 0.3 is 6.18 Å². The summed E-state index contributed by atoms with van der Waals surface area (Å²) in [5, 5.41) is 4.66. The van der Waals surface area contributed by atoms with Crippen LogP contribution in [0.3, 0.4) is 0 Å². The minimum atomic E-state index is -4.52. The van der Waals surface area contributed by atoms with Gasteiger partial charge in [-0.15, -0.1) is 0 Å². The number of benzene rings is 3. The number of carbonyl (C=O) groups is 1. The maximum atomic E-state index is 14.3. The van der Waals surface area contributed by atoms with E-state index in [-0.39, 0.29) is 24.2 Å². The summed E-state index contributed by atoms with van der Waals surface area (Å²) in [6, 6.07) is 17.2. The van der Waals surface area contributed by atoms with E-state index in [1.54, 1.807) is 24.3 Å². The molecule has 0 aromatic heterocycles. The van der Waals surface area contributed by atoms with Gasteiger partial charge in [0.25, 0.3) is 5.91 Å². The van der Waals surface area contributed by atoms with Gasteiger partial charge in [-0.3, -0.25) is 4.79 Å². The Balaban J connectivity index is 1.55. The predicted molar refractivity (Wildman–Crippen MR) is 120 cm³/mol. The Morgan fingerprint density at radius 3 is 2.50 bits per heavy atom. The Morgan fingerprint density at radius 2 is 1.79 bits per heavy atom.